The lowest BCUT2D eigenvalue weighted by molar-refractivity contribution is -0.126. The number of carbonyl (C=O) groups excluding carboxylic acids is 2. The van der Waals surface area contributed by atoms with Crippen LogP contribution < -0.4 is 10.6 Å². The molecule has 0 spiro atoms. The highest BCUT2D eigenvalue weighted by atomic mass is 16.3. The molecular weight excluding hydrogens is 232 g/mol. The van der Waals surface area contributed by atoms with Gasteiger partial charge < -0.3 is 15.7 Å². The topological polar surface area (TPSA) is 78.4 Å². The normalized spacial score (nSPS) is 18.4. The molecule has 1 saturated heterocycles. The lowest BCUT2D eigenvalue weighted by Crippen LogP contribution is -2.33. The largest absolute Gasteiger partial charge is 0.508 e. The summed E-state index contributed by atoms with van der Waals surface area (Å²) in [5, 5.41) is 14.6. The third-order valence-corrected chi connectivity index (χ3v) is 3.00. The lowest BCUT2D eigenvalue weighted by Gasteiger charge is -2.09. The summed E-state index contributed by atoms with van der Waals surface area (Å²) in [5.74, 6) is -0.142. The van der Waals surface area contributed by atoms with Gasteiger partial charge >= 0.3 is 0 Å². The molecule has 0 saturated carbocycles. The zero-order chi connectivity index (χ0) is 13.0. The molecule has 1 fully saturated rings. The molecule has 0 bridgehead atoms. The summed E-state index contributed by atoms with van der Waals surface area (Å²) in [5.41, 5.74) is 1.05. The van der Waals surface area contributed by atoms with Crippen molar-refractivity contribution >= 4 is 11.8 Å². The van der Waals surface area contributed by atoms with Gasteiger partial charge in [-0.2, -0.15) is 0 Å². The monoisotopic (exact) mass is 248 g/mol. The number of hydrogen-bond donors (Lipinski definition) is 3. The van der Waals surface area contributed by atoms with E-state index in [1.54, 1.807) is 12.1 Å². The Labute approximate surface area is 105 Å². The molecule has 18 heavy (non-hydrogen) atoms. The number of phenols is 1. The van der Waals surface area contributed by atoms with Crippen LogP contribution in [0.2, 0.25) is 0 Å². The molecule has 96 valence electrons. The molecule has 1 aromatic rings. The summed E-state index contributed by atoms with van der Waals surface area (Å²) in [6.45, 7) is 0.970. The van der Waals surface area contributed by atoms with Gasteiger partial charge in [-0.15, -0.1) is 0 Å². The molecule has 3 N–H and O–H groups in total. The molecule has 0 radical (unpaired) electrons. The molecule has 1 aliphatic rings. The van der Waals surface area contributed by atoms with Crippen molar-refractivity contribution < 1.29 is 14.7 Å². The van der Waals surface area contributed by atoms with Crippen molar-refractivity contribution in [2.45, 2.75) is 12.8 Å². The average Bonchev–Trinajstić information content (AvgIpc) is 2.78. The summed E-state index contributed by atoms with van der Waals surface area (Å²) < 4.78 is 0. The number of carbonyl (C=O) groups is 2. The van der Waals surface area contributed by atoms with Crippen molar-refractivity contribution in [3.8, 4) is 5.75 Å². The average molecular weight is 248 g/mol. The highest BCUT2D eigenvalue weighted by Gasteiger charge is 2.27. The standard InChI is InChI=1S/C13H16N2O3/c16-11-3-1-9(2-4-11)5-6-14-13(18)10-7-12(17)15-8-10/h1-4,10,16H,5-8H2,(H,14,18)(H,15,17). The highest BCUT2D eigenvalue weighted by molar-refractivity contribution is 5.89. The Balaban J connectivity index is 1.73. The van der Waals surface area contributed by atoms with Crippen LogP contribution in [0.1, 0.15) is 12.0 Å². The zero-order valence-corrected chi connectivity index (χ0v) is 9.98. The molecule has 1 unspecified atom stereocenters. The van der Waals surface area contributed by atoms with Crippen molar-refractivity contribution in [3.05, 3.63) is 29.8 Å². The van der Waals surface area contributed by atoms with E-state index in [9.17, 15) is 9.59 Å². The molecule has 1 aromatic carbocycles. The Kier molecular flexibility index (Phi) is 3.82. The molecule has 5 heteroatoms. The first-order chi connectivity index (χ1) is 8.65. The Bertz CT molecular complexity index is 442. The van der Waals surface area contributed by atoms with Crippen LogP contribution in [-0.2, 0) is 16.0 Å². The quantitative estimate of drug-likeness (QED) is 0.711. The first-order valence-corrected chi connectivity index (χ1v) is 5.97. The molecule has 5 nitrogen and oxygen atoms in total. The second-order valence-corrected chi connectivity index (χ2v) is 4.41. The van der Waals surface area contributed by atoms with E-state index in [2.05, 4.69) is 10.6 Å². The van der Waals surface area contributed by atoms with Crippen LogP contribution in [0.25, 0.3) is 0 Å². The summed E-state index contributed by atoms with van der Waals surface area (Å²) >= 11 is 0. The summed E-state index contributed by atoms with van der Waals surface area (Å²) in [6.07, 6.45) is 0.991. The Morgan fingerprint density at radius 3 is 2.72 bits per heavy atom. The fourth-order valence-electron chi connectivity index (χ4n) is 1.93. The maximum absolute atomic E-state index is 11.7. The number of rotatable bonds is 4. The summed E-state index contributed by atoms with van der Waals surface area (Å²) in [4.78, 5) is 22.7. The van der Waals surface area contributed by atoms with Crippen molar-refractivity contribution in [2.24, 2.45) is 5.92 Å². The van der Waals surface area contributed by atoms with E-state index in [0.29, 0.717) is 19.5 Å². The van der Waals surface area contributed by atoms with Crippen LogP contribution in [0.3, 0.4) is 0 Å². The summed E-state index contributed by atoms with van der Waals surface area (Å²) in [7, 11) is 0. The fraction of sp³-hybridized carbons (Fsp3) is 0.385. The second-order valence-electron chi connectivity index (χ2n) is 4.41. The molecule has 1 atom stereocenters. The van der Waals surface area contributed by atoms with Crippen LogP contribution in [-0.4, -0.2) is 30.0 Å². The van der Waals surface area contributed by atoms with Gasteiger partial charge in [-0.25, -0.2) is 0 Å². The maximum atomic E-state index is 11.7. The Morgan fingerprint density at radius 2 is 2.11 bits per heavy atom. The van der Waals surface area contributed by atoms with E-state index in [1.165, 1.54) is 0 Å². The number of hydrogen-bond acceptors (Lipinski definition) is 3. The van der Waals surface area contributed by atoms with E-state index in [0.717, 1.165) is 5.56 Å². The van der Waals surface area contributed by atoms with E-state index in [4.69, 9.17) is 5.11 Å². The van der Waals surface area contributed by atoms with Gasteiger partial charge in [0.05, 0.1) is 5.92 Å². The van der Waals surface area contributed by atoms with Gasteiger partial charge in [0.15, 0.2) is 0 Å². The Hall–Kier alpha value is -2.04. The number of benzene rings is 1. The van der Waals surface area contributed by atoms with Gasteiger partial charge in [0.25, 0.3) is 0 Å². The predicted octanol–water partition coefficient (Wildman–Crippen LogP) is 0.187. The maximum Gasteiger partial charge on any atom is 0.225 e. The van der Waals surface area contributed by atoms with Crippen LogP contribution >= 0.6 is 0 Å². The highest BCUT2D eigenvalue weighted by Crippen LogP contribution is 2.10. The minimum Gasteiger partial charge on any atom is -0.508 e. The fourth-order valence-corrected chi connectivity index (χ4v) is 1.93. The van der Waals surface area contributed by atoms with E-state index < -0.39 is 0 Å². The van der Waals surface area contributed by atoms with Crippen LogP contribution in [0.4, 0.5) is 0 Å². The zero-order valence-electron chi connectivity index (χ0n) is 9.98. The molecule has 1 aliphatic heterocycles. The van der Waals surface area contributed by atoms with E-state index in [1.807, 2.05) is 12.1 Å². The predicted molar refractivity (Wildman–Crippen MR) is 65.9 cm³/mol. The molecule has 2 rings (SSSR count). The van der Waals surface area contributed by atoms with E-state index >= 15 is 0 Å². The molecular formula is C13H16N2O3. The van der Waals surface area contributed by atoms with Gasteiger partial charge in [0.2, 0.25) is 11.8 Å². The number of nitrogens with one attached hydrogen (secondary N) is 2. The molecule has 0 aliphatic carbocycles. The number of aromatic hydroxyl groups is 1. The smallest absolute Gasteiger partial charge is 0.225 e. The van der Waals surface area contributed by atoms with Crippen LogP contribution in [0.15, 0.2) is 24.3 Å². The van der Waals surface area contributed by atoms with Crippen molar-refractivity contribution in [1.82, 2.24) is 10.6 Å². The molecule has 2 amide bonds. The van der Waals surface area contributed by atoms with Gasteiger partial charge in [0.1, 0.15) is 5.75 Å². The first-order valence-electron chi connectivity index (χ1n) is 5.97. The molecule has 0 aromatic heterocycles. The van der Waals surface area contributed by atoms with Gasteiger partial charge in [0, 0.05) is 19.5 Å². The van der Waals surface area contributed by atoms with E-state index in [-0.39, 0.29) is 29.9 Å². The van der Waals surface area contributed by atoms with Crippen molar-refractivity contribution in [3.63, 3.8) is 0 Å². The van der Waals surface area contributed by atoms with Gasteiger partial charge in [-0.3, -0.25) is 9.59 Å². The van der Waals surface area contributed by atoms with Crippen LogP contribution in [0.5, 0.6) is 5.75 Å². The molecule has 1 heterocycles. The third kappa shape index (κ3) is 3.23. The number of amides is 2. The third-order valence-electron chi connectivity index (χ3n) is 3.00. The summed E-state index contributed by atoms with van der Waals surface area (Å²) in [6, 6.07) is 6.89. The SMILES string of the molecule is O=C1CC(C(=O)NCCc2ccc(O)cc2)CN1. The minimum atomic E-state index is -0.239. The number of phenolic OH excluding ortho intramolecular Hbond substituents is 1. The minimum absolute atomic E-state index is 0.0614. The lowest BCUT2D eigenvalue weighted by atomic mass is 10.1. The van der Waals surface area contributed by atoms with Gasteiger partial charge in [-0.1, -0.05) is 12.1 Å². The second kappa shape index (κ2) is 5.53. The van der Waals surface area contributed by atoms with Crippen molar-refractivity contribution in [1.29, 1.82) is 0 Å². The van der Waals surface area contributed by atoms with Gasteiger partial charge in [-0.05, 0) is 24.1 Å². The Morgan fingerprint density at radius 1 is 1.39 bits per heavy atom. The van der Waals surface area contributed by atoms with Crippen LogP contribution in [0, 0.1) is 5.92 Å². The first kappa shape index (κ1) is 12.4. The van der Waals surface area contributed by atoms with Crippen molar-refractivity contribution in [2.75, 3.05) is 13.1 Å².